The number of hydrogen-bond donors (Lipinski definition) is 0. The van der Waals surface area contributed by atoms with E-state index in [9.17, 15) is 45.1 Å². The van der Waals surface area contributed by atoms with Gasteiger partial charge in [-0.1, -0.05) is 49.6 Å². The van der Waals surface area contributed by atoms with Crippen LogP contribution in [-0.4, -0.2) is 75.1 Å². The van der Waals surface area contributed by atoms with Gasteiger partial charge in [-0.05, 0) is 38.1 Å². The van der Waals surface area contributed by atoms with Crippen molar-refractivity contribution >= 4 is 65.3 Å². The van der Waals surface area contributed by atoms with Crippen molar-refractivity contribution in [3.63, 3.8) is 0 Å². The second-order valence-corrected chi connectivity index (χ2v) is 14.6. The number of hydrogen-bond acceptors (Lipinski definition) is 20. The van der Waals surface area contributed by atoms with E-state index in [2.05, 4.69) is 38.4 Å². The molecule has 4 aromatic carbocycles. The molecule has 0 atom stereocenters. The van der Waals surface area contributed by atoms with Gasteiger partial charge in [-0.3, -0.25) is 0 Å². The standard InChI is InChI=1S/C20H17O7S.C18H13O7S.2K.2Li.2O3S/c1-12(2)19(21)26-15-7-5-14(6-8-15)17-10-9-16(27-20(22)13(3)4)11-18(17)28(23,24)25;1-3-17(19)24-13-7-5-12(6-8-13)15-10-9-14(25-18(20)4-2)11-16(15)26(21,22)23;;;;;2*1-4(2)3/h5,7-11H,1,3H2,2,4H3,(H,23,24,25);3-5,7-11H,1-2H2,(H,21,22,23);;;;;;/q2*-1;4*+1;;/p-2. The van der Waals surface area contributed by atoms with Crippen molar-refractivity contribution in [1.82, 2.24) is 0 Å². The van der Waals surface area contributed by atoms with Crippen LogP contribution in [-0.2, 0) is 60.6 Å². The molecule has 4 rings (SSSR count). The Hall–Kier alpha value is -2.75. The van der Waals surface area contributed by atoms with Crippen molar-refractivity contribution in [3.05, 3.63) is 135 Å². The maximum Gasteiger partial charge on any atom is 1.00 e. The van der Waals surface area contributed by atoms with E-state index in [1.54, 1.807) is 0 Å². The molecule has 0 unspecified atom stereocenters. The molecular formula is C38H28K2Li2O20S4. The van der Waals surface area contributed by atoms with Gasteiger partial charge in [0.05, 0.1) is 0 Å². The molecular weight excluding hydrogens is 997 g/mol. The Morgan fingerprint density at radius 3 is 1.09 bits per heavy atom. The normalized spacial score (nSPS) is 9.52. The average Bonchev–Trinajstić information content (AvgIpc) is 3.17. The van der Waals surface area contributed by atoms with Gasteiger partial charge in [0, 0.05) is 44.6 Å². The Balaban J connectivity index is -0.000000476. The summed E-state index contributed by atoms with van der Waals surface area (Å²) in [6.45, 7) is 16.3. The minimum Gasteiger partial charge on any atom is -0.745 e. The topological polar surface area (TPSA) is 322 Å². The Morgan fingerprint density at radius 1 is 0.545 bits per heavy atom. The smallest absolute Gasteiger partial charge is 0.745 e. The number of benzene rings is 4. The summed E-state index contributed by atoms with van der Waals surface area (Å²) >= 11 is 0. The van der Waals surface area contributed by atoms with Crippen LogP contribution in [0.1, 0.15) is 13.8 Å². The zero-order valence-electron chi connectivity index (χ0n) is 35.7. The molecule has 0 N–H and O–H groups in total. The quantitative estimate of drug-likeness (QED) is 0.0318. The molecule has 0 fully saturated rings. The zero-order valence-corrected chi connectivity index (χ0v) is 45.2. The molecule has 0 bridgehead atoms. The van der Waals surface area contributed by atoms with Gasteiger partial charge in [0.15, 0.2) is 0 Å². The summed E-state index contributed by atoms with van der Waals surface area (Å²) in [6, 6.07) is 21.0. The van der Waals surface area contributed by atoms with Crippen LogP contribution in [0.2, 0.25) is 0 Å². The first kappa shape index (κ1) is 69.8. The number of carbonyl (C=O) groups is 4. The third-order valence-electron chi connectivity index (χ3n) is 6.48. The third kappa shape index (κ3) is 26.7. The van der Waals surface area contributed by atoms with Gasteiger partial charge < -0.3 is 28.1 Å². The molecule has 28 heteroatoms. The second-order valence-electron chi connectivity index (χ2n) is 11.1. The van der Waals surface area contributed by atoms with Crippen molar-refractivity contribution in [1.29, 1.82) is 0 Å². The van der Waals surface area contributed by atoms with Gasteiger partial charge in [0.1, 0.15) is 31.7 Å². The Bertz CT molecular complexity index is 2830. The summed E-state index contributed by atoms with van der Waals surface area (Å²) in [5.41, 5.74) is 0.970. The van der Waals surface area contributed by atoms with Crippen LogP contribution in [0.4, 0.5) is 0 Å². The van der Waals surface area contributed by atoms with Crippen LogP contribution in [0.3, 0.4) is 0 Å². The largest absolute Gasteiger partial charge is 1.00 e. The molecule has 0 aliphatic carbocycles. The predicted molar refractivity (Wildman–Crippen MR) is 209 cm³/mol. The van der Waals surface area contributed by atoms with Crippen LogP contribution in [0.5, 0.6) is 23.0 Å². The van der Waals surface area contributed by atoms with Gasteiger partial charge in [0.2, 0.25) is 0 Å². The van der Waals surface area contributed by atoms with E-state index >= 15 is 0 Å². The minimum atomic E-state index is -4.88. The summed E-state index contributed by atoms with van der Waals surface area (Å²) in [6.07, 6.45) is 1.88. The molecule has 0 aromatic heterocycles. The molecule has 20 nitrogen and oxygen atoms in total. The molecule has 0 aliphatic heterocycles. The summed E-state index contributed by atoms with van der Waals surface area (Å²) in [5.74, 6) is -2.72. The van der Waals surface area contributed by atoms with Gasteiger partial charge >= 0.3 is 186 Å². The maximum atomic E-state index is 11.7. The zero-order chi connectivity index (χ0) is 47.5. The van der Waals surface area contributed by atoms with E-state index in [0.717, 1.165) is 24.3 Å². The van der Waals surface area contributed by atoms with Crippen LogP contribution < -0.4 is 159 Å². The summed E-state index contributed by atoms with van der Waals surface area (Å²) < 4.78 is 140. The van der Waals surface area contributed by atoms with E-state index < -0.39 is 75.1 Å². The van der Waals surface area contributed by atoms with Gasteiger partial charge in [0.25, 0.3) is 0 Å². The Morgan fingerprint density at radius 2 is 0.818 bits per heavy atom. The molecule has 328 valence electrons. The summed E-state index contributed by atoms with van der Waals surface area (Å²) in [7, 11) is -16.0. The van der Waals surface area contributed by atoms with Crippen molar-refractivity contribution in [3.8, 4) is 45.3 Å². The van der Waals surface area contributed by atoms with Crippen molar-refractivity contribution < 1.29 is 230 Å². The fraction of sp³-hybridized carbons (Fsp3) is 0.0526. The number of carbonyl (C=O) groups excluding carboxylic acids is 4. The van der Waals surface area contributed by atoms with E-state index in [-0.39, 0.29) is 197 Å². The first-order valence-electron chi connectivity index (χ1n) is 15.9. The van der Waals surface area contributed by atoms with Crippen molar-refractivity contribution in [2.75, 3.05) is 0 Å². The minimum absolute atomic E-state index is 0. The molecule has 0 aliphatic rings. The number of rotatable bonds is 12. The first-order chi connectivity index (χ1) is 28.7. The Labute approximate surface area is 491 Å². The van der Waals surface area contributed by atoms with Gasteiger partial charge in [-0.2, -0.15) is 0 Å². The fourth-order valence-corrected chi connectivity index (χ4v) is 5.39. The molecule has 0 saturated heterocycles. The van der Waals surface area contributed by atoms with Crippen LogP contribution >= 0.6 is 0 Å². The molecule has 4 aromatic rings. The van der Waals surface area contributed by atoms with E-state index in [1.807, 2.05) is 0 Å². The summed E-state index contributed by atoms with van der Waals surface area (Å²) in [5, 5.41) is 0. The molecule has 0 heterocycles. The number of esters is 4. The van der Waals surface area contributed by atoms with Crippen LogP contribution in [0.25, 0.3) is 22.3 Å². The van der Waals surface area contributed by atoms with Gasteiger partial charge in [-0.15, -0.1) is 84.9 Å². The number of ether oxygens (including phenoxy) is 4. The van der Waals surface area contributed by atoms with Crippen LogP contribution in [0.15, 0.2) is 132 Å². The Kier molecular flexibility index (Phi) is 35.6. The predicted octanol–water partition coefficient (Wildman–Crippen LogP) is -8.73. The molecule has 0 radical (unpaired) electrons. The molecule has 0 amide bonds. The molecule has 0 saturated carbocycles. The monoisotopic (exact) mass is 1020 g/mol. The maximum absolute atomic E-state index is 11.7. The van der Waals surface area contributed by atoms with E-state index in [4.69, 9.17) is 44.2 Å². The fourth-order valence-electron chi connectivity index (χ4n) is 3.98. The van der Waals surface area contributed by atoms with E-state index in [1.165, 1.54) is 74.5 Å². The van der Waals surface area contributed by atoms with Crippen LogP contribution in [0, 0.1) is 12.1 Å². The van der Waals surface area contributed by atoms with E-state index in [0.29, 0.717) is 0 Å². The van der Waals surface area contributed by atoms with Crippen molar-refractivity contribution in [2.24, 2.45) is 0 Å². The van der Waals surface area contributed by atoms with Gasteiger partial charge in [-0.25, -0.2) is 36.0 Å². The van der Waals surface area contributed by atoms with Crippen molar-refractivity contribution in [2.45, 2.75) is 23.6 Å². The third-order valence-corrected chi connectivity index (χ3v) is 8.23. The second kappa shape index (κ2) is 33.7. The summed E-state index contributed by atoms with van der Waals surface area (Å²) in [4.78, 5) is 44.3. The molecule has 66 heavy (non-hydrogen) atoms. The average molecular weight is 1020 g/mol. The molecule has 0 spiro atoms. The first-order valence-corrected chi connectivity index (χ1v) is 20.7. The SMILES string of the molecule is C=C(C)C(=O)Oc1c[c-]c(-c2ccc(OC(=O)C(=C)C)cc2S(=O)(=O)[O-])cc1.C=CC(=O)Oc1c[c-]c(-c2ccc(OC(=O)C=C)cc2S(=O)(=O)[O-])cc1.O=S(=O)=O.O=S(=O)=O.[K+].[K+].[Li+].[Li+].